The maximum absolute atomic E-state index is 11.4. The zero-order valence-corrected chi connectivity index (χ0v) is 12.2. The van der Waals surface area contributed by atoms with E-state index in [1.165, 1.54) is 26.0 Å². The van der Waals surface area contributed by atoms with Crippen LogP contribution in [0.25, 0.3) is 0 Å². The van der Waals surface area contributed by atoms with E-state index in [1.54, 1.807) is 13.8 Å². The summed E-state index contributed by atoms with van der Waals surface area (Å²) in [4.78, 5) is 21.4. The summed E-state index contributed by atoms with van der Waals surface area (Å²) in [6.45, 7) is 6.12. The largest absolute Gasteiger partial charge is 0.453 e. The Morgan fingerprint density at radius 2 is 1.86 bits per heavy atom. The van der Waals surface area contributed by atoms with E-state index >= 15 is 0 Å². The van der Waals surface area contributed by atoms with Gasteiger partial charge < -0.3 is 24.1 Å². The van der Waals surface area contributed by atoms with Gasteiger partial charge in [0, 0.05) is 6.92 Å². The highest BCUT2D eigenvalue weighted by Crippen LogP contribution is 2.46. The van der Waals surface area contributed by atoms with Crippen LogP contribution in [0.15, 0.2) is 12.2 Å². The number of esters is 1. The van der Waals surface area contributed by atoms with E-state index in [4.69, 9.17) is 28.7 Å². The maximum Gasteiger partial charge on any atom is 0.303 e. The van der Waals surface area contributed by atoms with E-state index in [-0.39, 0.29) is 0 Å². The van der Waals surface area contributed by atoms with Gasteiger partial charge in [-0.1, -0.05) is 0 Å². The Morgan fingerprint density at radius 1 is 1.14 bits per heavy atom. The lowest BCUT2D eigenvalue weighted by Gasteiger charge is -2.37. The van der Waals surface area contributed by atoms with Crippen molar-refractivity contribution in [2.24, 2.45) is 0 Å². The Balaban J connectivity index is 1.90. The van der Waals surface area contributed by atoms with Crippen molar-refractivity contribution >= 4 is 5.97 Å². The van der Waals surface area contributed by atoms with Crippen molar-refractivity contribution in [3.63, 3.8) is 0 Å². The summed E-state index contributed by atoms with van der Waals surface area (Å²) in [6.07, 6.45) is 0.413. The topological polar surface area (TPSA) is 92.7 Å². The molecule has 0 aliphatic carbocycles. The Kier molecular flexibility index (Phi) is 3.18. The third-order valence-corrected chi connectivity index (χ3v) is 3.34. The summed E-state index contributed by atoms with van der Waals surface area (Å²) in [6, 6.07) is 0. The third kappa shape index (κ3) is 2.59. The number of fused-ring (bicyclic) bond motifs is 1. The van der Waals surface area contributed by atoms with E-state index < -0.39 is 41.8 Å². The van der Waals surface area contributed by atoms with Crippen LogP contribution in [-0.2, 0) is 33.5 Å². The highest BCUT2D eigenvalue weighted by molar-refractivity contribution is 5.66. The van der Waals surface area contributed by atoms with Crippen LogP contribution in [0.3, 0.4) is 0 Å². The highest BCUT2D eigenvalue weighted by atomic mass is 17.3. The van der Waals surface area contributed by atoms with Crippen LogP contribution in [0.2, 0.25) is 0 Å². The molecular weight excluding hydrogens is 284 g/mol. The fourth-order valence-electron chi connectivity index (χ4n) is 2.54. The average Bonchev–Trinajstić information content (AvgIpc) is 2.76. The van der Waals surface area contributed by atoms with Crippen LogP contribution < -0.4 is 0 Å². The van der Waals surface area contributed by atoms with E-state index in [9.17, 15) is 9.90 Å². The predicted molar refractivity (Wildman–Crippen MR) is 65.1 cm³/mol. The van der Waals surface area contributed by atoms with Gasteiger partial charge in [-0.05, 0) is 32.9 Å². The summed E-state index contributed by atoms with van der Waals surface area (Å²) in [5.41, 5.74) is 0. The molecule has 3 rings (SSSR count). The van der Waals surface area contributed by atoms with Gasteiger partial charge in [0.25, 0.3) is 5.79 Å². The van der Waals surface area contributed by atoms with Crippen LogP contribution in [0.5, 0.6) is 0 Å². The monoisotopic (exact) mass is 302 g/mol. The number of rotatable bonds is 1. The second kappa shape index (κ2) is 4.48. The molecule has 1 unspecified atom stereocenters. The van der Waals surface area contributed by atoms with Gasteiger partial charge in [-0.15, -0.1) is 0 Å². The molecule has 0 amide bonds. The van der Waals surface area contributed by atoms with Gasteiger partial charge >= 0.3 is 5.97 Å². The molecule has 0 aromatic carbocycles. The van der Waals surface area contributed by atoms with E-state index in [1.807, 2.05) is 0 Å². The number of carbonyl (C=O) groups excluding carboxylic acids is 1. The highest BCUT2D eigenvalue weighted by Gasteiger charge is 2.66. The van der Waals surface area contributed by atoms with Gasteiger partial charge in [0.2, 0.25) is 5.79 Å². The van der Waals surface area contributed by atoms with Crippen LogP contribution >= 0.6 is 0 Å². The number of aliphatic hydroxyl groups is 1. The van der Waals surface area contributed by atoms with Gasteiger partial charge in [-0.25, -0.2) is 0 Å². The quantitative estimate of drug-likeness (QED) is 0.421. The summed E-state index contributed by atoms with van der Waals surface area (Å²) >= 11 is 0. The van der Waals surface area contributed by atoms with Crippen molar-refractivity contribution < 1.29 is 38.6 Å². The van der Waals surface area contributed by atoms with Gasteiger partial charge in [0.05, 0.1) is 0 Å². The summed E-state index contributed by atoms with van der Waals surface area (Å²) in [5, 5.41) is 9.71. The van der Waals surface area contributed by atoms with Crippen molar-refractivity contribution in [1.29, 1.82) is 0 Å². The minimum absolute atomic E-state index is 0.522. The average molecular weight is 302 g/mol. The first kappa shape index (κ1) is 14.9. The Morgan fingerprint density at radius 3 is 2.43 bits per heavy atom. The molecule has 8 heteroatoms. The van der Waals surface area contributed by atoms with E-state index in [2.05, 4.69) is 0 Å². The lowest BCUT2D eigenvalue weighted by atomic mass is 10.0. The first-order chi connectivity index (χ1) is 9.63. The molecule has 2 fully saturated rings. The Hall–Kier alpha value is -1.03. The number of hydrogen-bond acceptors (Lipinski definition) is 8. The second-order valence-corrected chi connectivity index (χ2v) is 5.89. The molecule has 8 nitrogen and oxygen atoms in total. The molecule has 3 aliphatic heterocycles. The Labute approximate surface area is 121 Å². The summed E-state index contributed by atoms with van der Waals surface area (Å²) in [7, 11) is 0. The molecule has 5 atom stereocenters. The molecule has 3 aliphatic rings. The van der Waals surface area contributed by atoms with Gasteiger partial charge in [0.15, 0.2) is 24.3 Å². The van der Waals surface area contributed by atoms with Crippen LogP contribution in [0.4, 0.5) is 0 Å². The molecule has 0 aromatic rings. The first-order valence-corrected chi connectivity index (χ1v) is 6.63. The van der Waals surface area contributed by atoms with Crippen molar-refractivity contribution in [3.05, 3.63) is 12.2 Å². The summed E-state index contributed by atoms with van der Waals surface area (Å²) < 4.78 is 22.3. The SMILES string of the molecule is CC(=O)O[C@@H]1[C@H]2OC(C)(C)O[C@H]2O[C@]12C=CC(C)(O)OO2. The molecule has 118 valence electrons. The molecule has 0 aromatic heterocycles. The molecule has 21 heavy (non-hydrogen) atoms. The van der Waals surface area contributed by atoms with Crippen LogP contribution in [0.1, 0.15) is 27.7 Å². The number of carbonyl (C=O) groups is 1. The molecule has 3 heterocycles. The van der Waals surface area contributed by atoms with E-state index in [0.29, 0.717) is 0 Å². The van der Waals surface area contributed by atoms with Gasteiger partial charge in [-0.3, -0.25) is 4.79 Å². The normalized spacial score (nSPS) is 47.6. The lowest BCUT2D eigenvalue weighted by molar-refractivity contribution is -0.494. The molecule has 1 spiro atoms. The summed E-state index contributed by atoms with van der Waals surface area (Å²) in [5.74, 6) is -4.49. The fourth-order valence-corrected chi connectivity index (χ4v) is 2.54. The second-order valence-electron chi connectivity index (χ2n) is 5.89. The van der Waals surface area contributed by atoms with Crippen molar-refractivity contribution in [2.45, 2.75) is 63.6 Å². The third-order valence-electron chi connectivity index (χ3n) is 3.34. The molecule has 0 radical (unpaired) electrons. The zero-order valence-electron chi connectivity index (χ0n) is 12.2. The molecular formula is C13H18O8. The minimum Gasteiger partial charge on any atom is -0.453 e. The molecule has 2 saturated heterocycles. The molecule has 0 bridgehead atoms. The maximum atomic E-state index is 11.4. The lowest BCUT2D eigenvalue weighted by Crippen LogP contribution is -2.52. The molecule has 0 saturated carbocycles. The number of ether oxygens (including phenoxy) is 4. The first-order valence-electron chi connectivity index (χ1n) is 6.63. The van der Waals surface area contributed by atoms with Crippen molar-refractivity contribution in [2.75, 3.05) is 0 Å². The fraction of sp³-hybridized carbons (Fsp3) is 0.769. The molecule has 1 N–H and O–H groups in total. The van der Waals surface area contributed by atoms with Gasteiger partial charge in [-0.2, -0.15) is 9.78 Å². The van der Waals surface area contributed by atoms with Crippen LogP contribution in [-0.4, -0.2) is 46.9 Å². The Bertz CT molecular complexity index is 485. The van der Waals surface area contributed by atoms with Gasteiger partial charge in [0.1, 0.15) is 0 Å². The van der Waals surface area contributed by atoms with Crippen molar-refractivity contribution in [1.82, 2.24) is 0 Å². The number of hydrogen-bond donors (Lipinski definition) is 1. The zero-order chi connectivity index (χ0) is 15.5. The van der Waals surface area contributed by atoms with Crippen molar-refractivity contribution in [3.8, 4) is 0 Å². The minimum atomic E-state index is -1.59. The van der Waals surface area contributed by atoms with Crippen LogP contribution in [0, 0.1) is 0 Å². The predicted octanol–water partition coefficient (Wildman–Crippen LogP) is 0.349. The smallest absolute Gasteiger partial charge is 0.303 e. The van der Waals surface area contributed by atoms with E-state index in [0.717, 1.165) is 0 Å². The standard InChI is InChI=1S/C13H18O8/c1-7(14)16-9-8-10(18-11(2,3)17-8)19-13(9)6-5-12(4,15)20-21-13/h5-6,8-10,15H,1-4H3/t8-,9-,10+,12?,13+/m1/s1.